The quantitative estimate of drug-likeness (QED) is 0.709. The number of aromatic nitrogens is 1. The summed E-state index contributed by atoms with van der Waals surface area (Å²) in [4.78, 5) is 6.54. The number of pyridine rings is 1. The molecular formula is C12H16N2. The zero-order valence-corrected chi connectivity index (χ0v) is 8.72. The Kier molecular flexibility index (Phi) is 2.53. The zero-order chi connectivity index (χ0) is 9.97. The van der Waals surface area contributed by atoms with Crippen molar-refractivity contribution >= 4 is 5.82 Å². The summed E-state index contributed by atoms with van der Waals surface area (Å²) in [5.41, 5.74) is 0. The third-order valence-corrected chi connectivity index (χ3v) is 2.72. The van der Waals surface area contributed by atoms with Crippen LogP contribution in [0.4, 0.5) is 5.82 Å². The smallest absolute Gasteiger partial charge is 0.132 e. The van der Waals surface area contributed by atoms with Crippen LogP contribution in [0.2, 0.25) is 0 Å². The maximum Gasteiger partial charge on any atom is 0.132 e. The highest BCUT2D eigenvalue weighted by atomic mass is 15.2. The van der Waals surface area contributed by atoms with Crippen LogP contribution in [0.3, 0.4) is 0 Å². The number of rotatable bonds is 2. The highest BCUT2D eigenvalue weighted by Gasteiger charge is 2.19. The van der Waals surface area contributed by atoms with E-state index in [1.165, 1.54) is 0 Å². The van der Waals surface area contributed by atoms with Crippen LogP contribution in [-0.2, 0) is 0 Å². The molecule has 1 aliphatic rings. The van der Waals surface area contributed by atoms with Gasteiger partial charge in [0.05, 0.1) is 0 Å². The van der Waals surface area contributed by atoms with Crippen LogP contribution in [0.25, 0.3) is 0 Å². The summed E-state index contributed by atoms with van der Waals surface area (Å²) in [5.74, 6) is 2.42. The number of anilines is 1. The number of nitrogens with zero attached hydrogens (tertiary/aromatic N) is 2. The molecule has 1 atom stereocenters. The zero-order valence-electron chi connectivity index (χ0n) is 8.72. The minimum atomic E-state index is 0.664. The molecule has 0 saturated carbocycles. The Hall–Kier alpha value is -1.31. The molecule has 0 aromatic carbocycles. The molecule has 1 aromatic heterocycles. The molecule has 1 aromatic rings. The van der Waals surface area contributed by atoms with Crippen LogP contribution >= 0.6 is 0 Å². The Labute approximate surface area is 85.3 Å². The second-order valence-corrected chi connectivity index (χ2v) is 4.09. The molecule has 0 radical (unpaired) electrons. The topological polar surface area (TPSA) is 16.1 Å². The molecule has 0 bridgehead atoms. The first-order valence-corrected chi connectivity index (χ1v) is 5.13. The Balaban J connectivity index is 2.08. The molecule has 74 valence electrons. The van der Waals surface area contributed by atoms with E-state index in [4.69, 9.17) is 0 Å². The van der Waals surface area contributed by atoms with E-state index in [9.17, 15) is 0 Å². The molecule has 0 fully saturated rings. The predicted molar refractivity (Wildman–Crippen MR) is 59.1 cm³/mol. The van der Waals surface area contributed by atoms with Crippen molar-refractivity contribution in [2.75, 3.05) is 11.4 Å². The fourth-order valence-corrected chi connectivity index (χ4v) is 1.69. The van der Waals surface area contributed by atoms with Crippen molar-refractivity contribution in [1.29, 1.82) is 0 Å². The Bertz CT molecular complexity index is 316. The van der Waals surface area contributed by atoms with Gasteiger partial charge in [-0.1, -0.05) is 26.0 Å². The third-order valence-electron chi connectivity index (χ3n) is 2.72. The molecule has 2 heterocycles. The van der Waals surface area contributed by atoms with Crippen molar-refractivity contribution in [1.82, 2.24) is 4.98 Å². The SMILES string of the molecule is CC(C)C1C=CN(c2ccccn2)C1. The molecule has 0 spiro atoms. The highest BCUT2D eigenvalue weighted by Crippen LogP contribution is 2.24. The van der Waals surface area contributed by atoms with Gasteiger partial charge in [-0.05, 0) is 24.0 Å². The van der Waals surface area contributed by atoms with Gasteiger partial charge in [0.15, 0.2) is 0 Å². The minimum Gasteiger partial charge on any atom is -0.333 e. The van der Waals surface area contributed by atoms with Crippen LogP contribution in [-0.4, -0.2) is 11.5 Å². The lowest BCUT2D eigenvalue weighted by atomic mass is 9.98. The normalized spacial score (nSPS) is 20.8. The van der Waals surface area contributed by atoms with Gasteiger partial charge in [-0.2, -0.15) is 0 Å². The minimum absolute atomic E-state index is 0.664. The molecule has 1 aliphatic heterocycles. The van der Waals surface area contributed by atoms with Gasteiger partial charge < -0.3 is 4.90 Å². The second kappa shape index (κ2) is 3.82. The summed E-state index contributed by atoms with van der Waals surface area (Å²) in [5, 5.41) is 0. The van der Waals surface area contributed by atoms with Crippen LogP contribution in [0.5, 0.6) is 0 Å². The van der Waals surface area contributed by atoms with Crippen molar-refractivity contribution in [3.63, 3.8) is 0 Å². The van der Waals surface area contributed by atoms with Crippen LogP contribution in [0.1, 0.15) is 13.8 Å². The summed E-state index contributed by atoms with van der Waals surface area (Å²) in [6, 6.07) is 6.02. The van der Waals surface area contributed by atoms with E-state index in [-0.39, 0.29) is 0 Å². The molecule has 14 heavy (non-hydrogen) atoms. The number of hydrogen-bond donors (Lipinski definition) is 0. The van der Waals surface area contributed by atoms with Crippen molar-refractivity contribution < 1.29 is 0 Å². The van der Waals surface area contributed by atoms with E-state index < -0.39 is 0 Å². The van der Waals surface area contributed by atoms with Crippen molar-refractivity contribution in [3.05, 3.63) is 36.7 Å². The van der Waals surface area contributed by atoms with E-state index in [0.29, 0.717) is 11.8 Å². The fourth-order valence-electron chi connectivity index (χ4n) is 1.69. The summed E-state index contributed by atoms with van der Waals surface area (Å²) in [6.07, 6.45) is 6.26. The Morgan fingerprint density at radius 1 is 1.43 bits per heavy atom. The lowest BCUT2D eigenvalue weighted by molar-refractivity contribution is 0.488. The number of hydrogen-bond acceptors (Lipinski definition) is 2. The summed E-state index contributed by atoms with van der Waals surface area (Å²) in [6.45, 7) is 5.59. The van der Waals surface area contributed by atoms with Gasteiger partial charge in [-0.15, -0.1) is 0 Å². The first-order chi connectivity index (χ1) is 6.77. The maximum atomic E-state index is 4.33. The monoisotopic (exact) mass is 188 g/mol. The van der Waals surface area contributed by atoms with Crippen LogP contribution in [0.15, 0.2) is 36.7 Å². The van der Waals surface area contributed by atoms with Crippen molar-refractivity contribution in [2.24, 2.45) is 11.8 Å². The second-order valence-electron chi connectivity index (χ2n) is 4.09. The molecule has 0 aliphatic carbocycles. The summed E-state index contributed by atoms with van der Waals surface area (Å²) >= 11 is 0. The van der Waals surface area contributed by atoms with E-state index in [1.54, 1.807) is 0 Å². The van der Waals surface area contributed by atoms with Gasteiger partial charge in [0.1, 0.15) is 5.82 Å². The molecule has 0 amide bonds. The largest absolute Gasteiger partial charge is 0.333 e. The lowest BCUT2D eigenvalue weighted by Crippen LogP contribution is -2.20. The van der Waals surface area contributed by atoms with E-state index in [2.05, 4.69) is 36.0 Å². The molecule has 2 nitrogen and oxygen atoms in total. The molecule has 2 heteroatoms. The highest BCUT2D eigenvalue weighted by molar-refractivity contribution is 5.43. The molecular weight excluding hydrogens is 172 g/mol. The Morgan fingerprint density at radius 2 is 2.29 bits per heavy atom. The van der Waals surface area contributed by atoms with Gasteiger partial charge >= 0.3 is 0 Å². The predicted octanol–water partition coefficient (Wildman–Crippen LogP) is 2.69. The van der Waals surface area contributed by atoms with Crippen molar-refractivity contribution in [2.45, 2.75) is 13.8 Å². The summed E-state index contributed by atoms with van der Waals surface area (Å²) in [7, 11) is 0. The molecule has 1 unspecified atom stereocenters. The average molecular weight is 188 g/mol. The van der Waals surface area contributed by atoms with Gasteiger partial charge in [0.2, 0.25) is 0 Å². The molecule has 0 saturated heterocycles. The first kappa shape index (κ1) is 9.25. The van der Waals surface area contributed by atoms with Gasteiger partial charge in [0.25, 0.3) is 0 Å². The third kappa shape index (κ3) is 1.79. The molecule has 0 N–H and O–H groups in total. The Morgan fingerprint density at radius 3 is 2.86 bits per heavy atom. The summed E-state index contributed by atoms with van der Waals surface area (Å²) < 4.78 is 0. The van der Waals surface area contributed by atoms with Gasteiger partial charge in [-0.3, -0.25) is 0 Å². The van der Waals surface area contributed by atoms with Crippen LogP contribution in [0, 0.1) is 11.8 Å². The lowest BCUT2D eigenvalue weighted by Gasteiger charge is -2.18. The first-order valence-electron chi connectivity index (χ1n) is 5.13. The van der Waals surface area contributed by atoms with Gasteiger partial charge in [-0.25, -0.2) is 4.98 Å². The standard InChI is InChI=1S/C12H16N2/c1-10(2)11-6-8-14(9-11)12-5-3-4-7-13-12/h3-8,10-11H,9H2,1-2H3. The van der Waals surface area contributed by atoms with Crippen molar-refractivity contribution in [3.8, 4) is 0 Å². The average Bonchev–Trinajstić information content (AvgIpc) is 2.68. The van der Waals surface area contributed by atoms with Gasteiger partial charge in [0, 0.05) is 18.9 Å². The molecule has 2 rings (SSSR count). The van der Waals surface area contributed by atoms with E-state index in [0.717, 1.165) is 12.4 Å². The fraction of sp³-hybridized carbons (Fsp3) is 0.417. The maximum absolute atomic E-state index is 4.33. The van der Waals surface area contributed by atoms with E-state index >= 15 is 0 Å². The van der Waals surface area contributed by atoms with E-state index in [1.807, 2.05) is 24.4 Å². The van der Waals surface area contributed by atoms with Crippen LogP contribution < -0.4 is 4.90 Å².